The lowest BCUT2D eigenvalue weighted by Gasteiger charge is -2.09. The maximum absolute atomic E-state index is 12.0. The molecular weight excluding hydrogens is 386 g/mol. The summed E-state index contributed by atoms with van der Waals surface area (Å²) in [5.41, 5.74) is 0.926. The predicted molar refractivity (Wildman–Crippen MR) is 99.9 cm³/mol. The lowest BCUT2D eigenvalue weighted by Crippen LogP contribution is -2.20. The lowest BCUT2D eigenvalue weighted by molar-refractivity contribution is -0.118. The number of nitrogens with one attached hydrogen (secondary N) is 1. The quantitative estimate of drug-likeness (QED) is 0.521. The summed E-state index contributed by atoms with van der Waals surface area (Å²) in [6.07, 6.45) is 1.79. The number of ether oxygens (including phenoxy) is 2. The van der Waals surface area contributed by atoms with Gasteiger partial charge in [-0.25, -0.2) is 4.79 Å². The van der Waals surface area contributed by atoms with Gasteiger partial charge in [0.2, 0.25) is 0 Å². The summed E-state index contributed by atoms with van der Waals surface area (Å²) in [6, 6.07) is 13.9. The van der Waals surface area contributed by atoms with Crippen LogP contribution in [0.4, 0.5) is 5.69 Å². The van der Waals surface area contributed by atoms with Crippen LogP contribution in [0.5, 0.6) is 5.75 Å². The first kappa shape index (κ1) is 19.0. The largest absolute Gasteiger partial charge is 0.484 e. The maximum atomic E-state index is 12.0. The molecule has 0 aliphatic heterocycles. The van der Waals surface area contributed by atoms with Gasteiger partial charge < -0.3 is 14.8 Å². The van der Waals surface area contributed by atoms with Crippen molar-refractivity contribution in [1.82, 2.24) is 0 Å². The van der Waals surface area contributed by atoms with Crippen molar-refractivity contribution in [3.8, 4) is 5.75 Å². The van der Waals surface area contributed by atoms with Gasteiger partial charge in [-0.1, -0.05) is 41.4 Å². The third-order valence-corrected chi connectivity index (χ3v) is 3.77. The summed E-state index contributed by atoms with van der Waals surface area (Å²) in [7, 11) is 0. The highest BCUT2D eigenvalue weighted by atomic mass is 79.9. The Labute approximate surface area is 155 Å². The van der Waals surface area contributed by atoms with Crippen molar-refractivity contribution >= 4 is 33.5 Å². The highest BCUT2D eigenvalue weighted by Gasteiger charge is 2.09. The van der Waals surface area contributed by atoms with Crippen molar-refractivity contribution in [2.45, 2.75) is 19.8 Å². The summed E-state index contributed by atoms with van der Waals surface area (Å²) >= 11 is 3.34. The van der Waals surface area contributed by atoms with Crippen LogP contribution in [0, 0.1) is 0 Å². The Kier molecular flexibility index (Phi) is 7.47. The molecule has 0 aromatic heterocycles. The number of hydrogen-bond donors (Lipinski definition) is 1. The van der Waals surface area contributed by atoms with E-state index in [2.05, 4.69) is 21.2 Å². The van der Waals surface area contributed by atoms with Gasteiger partial charge in [0.1, 0.15) is 5.75 Å². The van der Waals surface area contributed by atoms with Crippen molar-refractivity contribution in [1.29, 1.82) is 0 Å². The second-order valence-electron chi connectivity index (χ2n) is 5.36. The first-order valence-electron chi connectivity index (χ1n) is 8.04. The van der Waals surface area contributed by atoms with Crippen LogP contribution in [0.2, 0.25) is 0 Å². The minimum absolute atomic E-state index is 0.123. The first-order valence-corrected chi connectivity index (χ1v) is 8.83. The monoisotopic (exact) mass is 405 g/mol. The number of hydrogen-bond acceptors (Lipinski definition) is 4. The summed E-state index contributed by atoms with van der Waals surface area (Å²) in [5, 5.41) is 2.71. The van der Waals surface area contributed by atoms with Gasteiger partial charge in [-0.15, -0.1) is 0 Å². The van der Waals surface area contributed by atoms with Gasteiger partial charge in [0, 0.05) is 10.2 Å². The number of carbonyl (C=O) groups is 2. The van der Waals surface area contributed by atoms with E-state index < -0.39 is 5.97 Å². The molecule has 5 nitrogen and oxygen atoms in total. The van der Waals surface area contributed by atoms with Crippen molar-refractivity contribution < 1.29 is 19.1 Å². The van der Waals surface area contributed by atoms with E-state index in [0.29, 0.717) is 23.6 Å². The number of halogens is 1. The van der Waals surface area contributed by atoms with E-state index in [1.807, 2.05) is 19.1 Å². The van der Waals surface area contributed by atoms with E-state index in [1.165, 1.54) is 0 Å². The topological polar surface area (TPSA) is 64.6 Å². The Balaban J connectivity index is 1.88. The molecule has 0 bridgehead atoms. The Morgan fingerprint density at radius 1 is 1.12 bits per heavy atom. The van der Waals surface area contributed by atoms with E-state index in [-0.39, 0.29) is 12.5 Å². The van der Waals surface area contributed by atoms with Gasteiger partial charge in [-0.2, -0.15) is 0 Å². The predicted octanol–water partition coefficient (Wildman–Crippen LogP) is 4.42. The number of unbranched alkanes of at least 4 members (excludes halogenated alkanes) is 1. The van der Waals surface area contributed by atoms with Crippen LogP contribution in [-0.4, -0.2) is 25.1 Å². The second-order valence-corrected chi connectivity index (χ2v) is 6.28. The van der Waals surface area contributed by atoms with Crippen molar-refractivity contribution in [3.63, 3.8) is 0 Å². The first-order chi connectivity index (χ1) is 12.1. The number of amides is 1. The average molecular weight is 406 g/mol. The minimum atomic E-state index is -0.394. The number of anilines is 1. The number of carbonyl (C=O) groups excluding carboxylic acids is 2. The Morgan fingerprint density at radius 2 is 1.92 bits per heavy atom. The fourth-order valence-electron chi connectivity index (χ4n) is 2.02. The number of esters is 1. The Hall–Kier alpha value is -2.34. The van der Waals surface area contributed by atoms with E-state index in [1.54, 1.807) is 36.4 Å². The molecule has 0 aliphatic rings. The summed E-state index contributed by atoms with van der Waals surface area (Å²) in [5.74, 6) is -0.107. The Morgan fingerprint density at radius 3 is 2.68 bits per heavy atom. The van der Waals surface area contributed by atoms with Crippen LogP contribution in [0.3, 0.4) is 0 Å². The zero-order chi connectivity index (χ0) is 18.1. The third kappa shape index (κ3) is 6.58. The SMILES string of the molecule is CCCCOC(=O)c1cccc(NC(=O)COc2cccc(Br)c2)c1. The van der Waals surface area contributed by atoms with Gasteiger partial charge >= 0.3 is 5.97 Å². The maximum Gasteiger partial charge on any atom is 0.338 e. The fourth-order valence-corrected chi connectivity index (χ4v) is 2.40. The molecule has 1 N–H and O–H groups in total. The van der Waals surface area contributed by atoms with E-state index >= 15 is 0 Å². The minimum Gasteiger partial charge on any atom is -0.484 e. The molecule has 0 spiro atoms. The molecule has 0 unspecified atom stereocenters. The van der Waals surface area contributed by atoms with Crippen molar-refractivity contribution in [3.05, 3.63) is 58.6 Å². The molecule has 0 saturated carbocycles. The summed E-state index contributed by atoms with van der Waals surface area (Å²) in [4.78, 5) is 23.9. The fraction of sp³-hybridized carbons (Fsp3) is 0.263. The zero-order valence-electron chi connectivity index (χ0n) is 14.0. The molecule has 0 aliphatic carbocycles. The molecule has 2 aromatic rings. The molecule has 2 rings (SSSR count). The number of benzene rings is 2. The molecule has 132 valence electrons. The second kappa shape index (κ2) is 9.84. The zero-order valence-corrected chi connectivity index (χ0v) is 15.5. The molecule has 0 heterocycles. The van der Waals surface area contributed by atoms with E-state index in [4.69, 9.17) is 9.47 Å². The highest BCUT2D eigenvalue weighted by molar-refractivity contribution is 9.10. The molecule has 25 heavy (non-hydrogen) atoms. The molecule has 6 heteroatoms. The van der Waals surface area contributed by atoms with Crippen LogP contribution in [-0.2, 0) is 9.53 Å². The smallest absolute Gasteiger partial charge is 0.338 e. The summed E-state index contributed by atoms with van der Waals surface area (Å²) < 4.78 is 11.5. The normalized spacial score (nSPS) is 10.2. The third-order valence-electron chi connectivity index (χ3n) is 3.28. The molecule has 0 fully saturated rings. The van der Waals surface area contributed by atoms with Crippen LogP contribution < -0.4 is 10.1 Å². The van der Waals surface area contributed by atoms with Gasteiger partial charge in [0.15, 0.2) is 6.61 Å². The number of rotatable bonds is 8. The van der Waals surface area contributed by atoms with Crippen LogP contribution in [0.25, 0.3) is 0 Å². The Bertz CT molecular complexity index is 733. The van der Waals surface area contributed by atoms with Crippen LogP contribution in [0.15, 0.2) is 53.0 Å². The van der Waals surface area contributed by atoms with Crippen molar-refractivity contribution in [2.24, 2.45) is 0 Å². The van der Waals surface area contributed by atoms with E-state index in [0.717, 1.165) is 17.3 Å². The molecule has 0 radical (unpaired) electrons. The lowest BCUT2D eigenvalue weighted by atomic mass is 10.2. The van der Waals surface area contributed by atoms with Crippen LogP contribution in [0.1, 0.15) is 30.1 Å². The molecule has 2 aromatic carbocycles. The molecular formula is C19H20BrNO4. The molecule has 1 amide bonds. The molecule has 0 saturated heterocycles. The van der Waals surface area contributed by atoms with Crippen LogP contribution >= 0.6 is 15.9 Å². The van der Waals surface area contributed by atoms with E-state index in [9.17, 15) is 9.59 Å². The average Bonchev–Trinajstić information content (AvgIpc) is 2.60. The van der Waals surface area contributed by atoms with Crippen molar-refractivity contribution in [2.75, 3.05) is 18.5 Å². The van der Waals surface area contributed by atoms with Gasteiger partial charge in [0.05, 0.1) is 12.2 Å². The standard InChI is InChI=1S/C19H20BrNO4/c1-2-3-10-24-19(23)14-6-4-8-16(11-14)21-18(22)13-25-17-9-5-7-15(20)12-17/h4-9,11-12H,2-3,10,13H2,1H3,(H,21,22). The summed E-state index contributed by atoms with van der Waals surface area (Å²) in [6.45, 7) is 2.30. The van der Waals surface area contributed by atoms with Gasteiger partial charge in [0.25, 0.3) is 5.91 Å². The highest BCUT2D eigenvalue weighted by Crippen LogP contribution is 2.18. The van der Waals surface area contributed by atoms with Gasteiger partial charge in [-0.3, -0.25) is 4.79 Å². The molecule has 0 atom stereocenters. The van der Waals surface area contributed by atoms with Gasteiger partial charge in [-0.05, 0) is 42.8 Å².